The lowest BCUT2D eigenvalue weighted by molar-refractivity contribution is -0.143. The quantitative estimate of drug-likeness (QED) is 0.615. The zero-order valence-corrected chi connectivity index (χ0v) is 16.5. The van der Waals surface area contributed by atoms with Crippen molar-refractivity contribution in [3.63, 3.8) is 0 Å². The highest BCUT2D eigenvalue weighted by Gasteiger charge is 2.42. The van der Waals surface area contributed by atoms with Gasteiger partial charge in [-0.3, -0.25) is 4.79 Å². The van der Waals surface area contributed by atoms with Gasteiger partial charge in [-0.2, -0.15) is 18.3 Å². The van der Waals surface area contributed by atoms with E-state index in [4.69, 9.17) is 4.74 Å². The van der Waals surface area contributed by atoms with E-state index in [0.717, 1.165) is 11.3 Å². The fourth-order valence-electron chi connectivity index (χ4n) is 3.13. The van der Waals surface area contributed by atoms with Crippen molar-refractivity contribution >= 4 is 22.4 Å². The molecule has 0 spiro atoms. The van der Waals surface area contributed by atoms with Crippen LogP contribution in [0.2, 0.25) is 0 Å². The number of thiazole rings is 1. The van der Waals surface area contributed by atoms with Gasteiger partial charge < -0.3 is 14.5 Å². The third kappa shape index (κ3) is 3.79. The number of anilines is 1. The molecule has 3 aromatic heterocycles. The van der Waals surface area contributed by atoms with E-state index < -0.39 is 23.3 Å². The minimum absolute atomic E-state index is 0.147. The number of alkyl halides is 3. The smallest absolute Gasteiger partial charge is 0.434 e. The van der Waals surface area contributed by atoms with Crippen LogP contribution >= 0.6 is 11.3 Å². The molecule has 0 aromatic carbocycles. The number of aromatic nitrogens is 5. The topological polar surface area (TPSA) is 89.3 Å². The molecule has 3 aromatic rings. The molecule has 0 radical (unpaired) electrons. The maximum atomic E-state index is 13.8. The molecule has 13 heteroatoms. The van der Waals surface area contributed by atoms with Crippen molar-refractivity contribution in [2.24, 2.45) is 0 Å². The number of methoxy groups -OCH3 is 1. The molecule has 1 aliphatic heterocycles. The van der Waals surface area contributed by atoms with Crippen molar-refractivity contribution in [1.29, 1.82) is 0 Å². The molecule has 1 fully saturated rings. The molecule has 0 aliphatic carbocycles. The predicted molar refractivity (Wildman–Crippen MR) is 101 cm³/mol. The number of carbonyl (C=O) groups is 1. The van der Waals surface area contributed by atoms with Gasteiger partial charge >= 0.3 is 6.18 Å². The van der Waals surface area contributed by atoms with Crippen LogP contribution in [0, 0.1) is 0 Å². The lowest BCUT2D eigenvalue weighted by atomic mass is 10.2. The van der Waals surface area contributed by atoms with Crippen molar-refractivity contribution < 1.29 is 22.7 Å². The zero-order chi connectivity index (χ0) is 21.3. The Morgan fingerprint density at radius 2 is 1.93 bits per heavy atom. The van der Waals surface area contributed by atoms with Crippen LogP contribution in [0.5, 0.6) is 5.88 Å². The van der Waals surface area contributed by atoms with Crippen LogP contribution in [0.15, 0.2) is 29.9 Å². The normalized spacial score (nSPS) is 14.8. The van der Waals surface area contributed by atoms with Crippen LogP contribution in [0.25, 0.3) is 5.82 Å². The zero-order valence-electron chi connectivity index (χ0n) is 15.7. The molecule has 158 valence electrons. The highest BCUT2D eigenvalue weighted by molar-refractivity contribution is 7.13. The molecule has 0 bridgehead atoms. The molecule has 4 heterocycles. The first-order chi connectivity index (χ1) is 14.4. The minimum atomic E-state index is -4.81. The van der Waals surface area contributed by atoms with Gasteiger partial charge in [0.25, 0.3) is 5.91 Å². The Kier molecular flexibility index (Phi) is 5.28. The average Bonchev–Trinajstić information content (AvgIpc) is 3.43. The number of rotatable bonds is 4. The summed E-state index contributed by atoms with van der Waals surface area (Å²) in [7, 11) is 1.36. The van der Waals surface area contributed by atoms with E-state index in [9.17, 15) is 18.0 Å². The monoisotopic (exact) mass is 439 g/mol. The first-order valence-electron chi connectivity index (χ1n) is 8.85. The molecule has 1 amide bonds. The number of nitrogens with zero attached hydrogens (tertiary/aromatic N) is 7. The number of hydrogen-bond acceptors (Lipinski definition) is 8. The Morgan fingerprint density at radius 3 is 2.50 bits per heavy atom. The van der Waals surface area contributed by atoms with Gasteiger partial charge in [0, 0.05) is 43.8 Å². The highest BCUT2D eigenvalue weighted by Crippen LogP contribution is 2.34. The maximum Gasteiger partial charge on any atom is 0.434 e. The van der Waals surface area contributed by atoms with Crippen molar-refractivity contribution in [3.8, 4) is 11.7 Å². The Balaban J connectivity index is 1.59. The highest BCUT2D eigenvalue weighted by atomic mass is 32.1. The van der Waals surface area contributed by atoms with Crippen LogP contribution < -0.4 is 9.64 Å². The molecule has 0 unspecified atom stereocenters. The molecular weight excluding hydrogens is 423 g/mol. The largest absolute Gasteiger partial charge is 0.480 e. The second-order valence-electron chi connectivity index (χ2n) is 6.34. The van der Waals surface area contributed by atoms with E-state index in [0.29, 0.717) is 17.8 Å². The van der Waals surface area contributed by atoms with E-state index in [2.05, 4.69) is 20.3 Å². The summed E-state index contributed by atoms with van der Waals surface area (Å²) in [6, 6.07) is 2.65. The van der Waals surface area contributed by atoms with Crippen molar-refractivity contribution in [2.75, 3.05) is 38.2 Å². The third-order valence-electron chi connectivity index (χ3n) is 4.58. The van der Waals surface area contributed by atoms with E-state index >= 15 is 0 Å². The maximum absolute atomic E-state index is 13.8. The summed E-state index contributed by atoms with van der Waals surface area (Å²) in [5, 5.41) is 13.8. The van der Waals surface area contributed by atoms with Crippen molar-refractivity contribution in [1.82, 2.24) is 29.9 Å². The van der Waals surface area contributed by atoms with Gasteiger partial charge in [0.1, 0.15) is 0 Å². The van der Waals surface area contributed by atoms with Crippen LogP contribution in [0.4, 0.5) is 18.3 Å². The number of carbonyl (C=O) groups excluding carboxylic acids is 1. The summed E-state index contributed by atoms with van der Waals surface area (Å²) in [5.41, 5.74) is -1.71. The first-order valence-corrected chi connectivity index (χ1v) is 9.73. The number of ether oxygens (including phenoxy) is 1. The van der Waals surface area contributed by atoms with E-state index in [1.165, 1.54) is 35.5 Å². The van der Waals surface area contributed by atoms with Crippen molar-refractivity contribution in [2.45, 2.75) is 6.18 Å². The average molecular weight is 439 g/mol. The SMILES string of the molecule is COc1ccc(-n2ncc(C(=O)N3CCN(c4nccs4)CC3)c2C(F)(F)F)nn1. The predicted octanol–water partition coefficient (Wildman–Crippen LogP) is 2.11. The second kappa shape index (κ2) is 7.89. The van der Waals surface area contributed by atoms with Gasteiger partial charge in [0.15, 0.2) is 16.6 Å². The van der Waals surface area contributed by atoms with E-state index in [-0.39, 0.29) is 24.8 Å². The Hall–Kier alpha value is -3.22. The molecule has 0 atom stereocenters. The molecule has 30 heavy (non-hydrogen) atoms. The summed E-state index contributed by atoms with van der Waals surface area (Å²) in [6.07, 6.45) is -2.21. The number of halogens is 3. The Labute approximate surface area is 172 Å². The van der Waals surface area contributed by atoms with Gasteiger partial charge in [-0.25, -0.2) is 9.67 Å². The van der Waals surface area contributed by atoms with Crippen molar-refractivity contribution in [3.05, 3.63) is 41.2 Å². The standard InChI is InChI=1S/C17H16F3N7O2S/c1-29-13-3-2-12(23-24-13)27-14(17(18,19)20)11(10-22-27)15(28)25-5-7-26(8-6-25)16-21-4-9-30-16/h2-4,9-10H,5-8H2,1H3. The van der Waals surface area contributed by atoms with Crippen LogP contribution in [0.1, 0.15) is 16.1 Å². The number of amides is 1. The molecular formula is C17H16F3N7O2S. The summed E-state index contributed by atoms with van der Waals surface area (Å²) in [6.45, 7) is 1.53. The number of hydrogen-bond donors (Lipinski definition) is 0. The van der Waals surface area contributed by atoms with Crippen LogP contribution in [-0.2, 0) is 6.18 Å². The van der Waals surface area contributed by atoms with Gasteiger partial charge in [0.05, 0.1) is 18.9 Å². The molecule has 0 N–H and O–H groups in total. The second-order valence-corrected chi connectivity index (χ2v) is 7.22. The molecule has 1 saturated heterocycles. The lowest BCUT2D eigenvalue weighted by Crippen LogP contribution is -2.49. The van der Waals surface area contributed by atoms with E-state index in [1.54, 1.807) is 6.20 Å². The van der Waals surface area contributed by atoms with Crippen LogP contribution in [0.3, 0.4) is 0 Å². The Bertz CT molecular complexity index is 1010. The van der Waals surface area contributed by atoms with Gasteiger partial charge in [-0.05, 0) is 6.07 Å². The van der Waals surface area contributed by atoms with Crippen LogP contribution in [-0.4, -0.2) is 69.1 Å². The van der Waals surface area contributed by atoms with Gasteiger partial charge in [0.2, 0.25) is 5.88 Å². The van der Waals surface area contributed by atoms with E-state index in [1.807, 2.05) is 10.3 Å². The Morgan fingerprint density at radius 1 is 1.17 bits per heavy atom. The summed E-state index contributed by atoms with van der Waals surface area (Å²) in [5.74, 6) is -0.751. The summed E-state index contributed by atoms with van der Waals surface area (Å²) < 4.78 is 46.9. The van der Waals surface area contributed by atoms with Gasteiger partial charge in [-0.1, -0.05) is 0 Å². The fourth-order valence-corrected chi connectivity index (χ4v) is 3.83. The summed E-state index contributed by atoms with van der Waals surface area (Å²) in [4.78, 5) is 20.5. The molecule has 0 saturated carbocycles. The molecule has 4 rings (SSSR count). The molecule has 9 nitrogen and oxygen atoms in total. The summed E-state index contributed by atoms with van der Waals surface area (Å²) >= 11 is 1.47. The molecule has 1 aliphatic rings. The lowest BCUT2D eigenvalue weighted by Gasteiger charge is -2.34. The number of piperazine rings is 1. The first kappa shape index (κ1) is 20.1. The minimum Gasteiger partial charge on any atom is -0.480 e. The fraction of sp³-hybridized carbons (Fsp3) is 0.353. The third-order valence-corrected chi connectivity index (χ3v) is 5.41. The van der Waals surface area contributed by atoms with Gasteiger partial charge in [-0.15, -0.1) is 21.5 Å².